The van der Waals surface area contributed by atoms with Crippen LogP contribution in [-0.2, 0) is 6.42 Å². The Morgan fingerprint density at radius 2 is 1.88 bits per heavy atom. The van der Waals surface area contributed by atoms with Crippen molar-refractivity contribution in [1.29, 1.82) is 0 Å². The number of hydrogen-bond acceptors (Lipinski definition) is 3. The number of ether oxygens (including phenoxy) is 2. The van der Waals surface area contributed by atoms with Gasteiger partial charge in [-0.15, -0.1) is 37.1 Å². The Kier molecular flexibility index (Phi) is 6.57. The third kappa shape index (κ3) is 5.41. The van der Waals surface area contributed by atoms with Crippen LogP contribution < -0.4 is 20.5 Å². The topological polar surface area (TPSA) is 68.9 Å². The van der Waals surface area contributed by atoms with Gasteiger partial charge in [0.15, 0.2) is 11.7 Å². The lowest BCUT2D eigenvalue weighted by atomic mass is 10.1. The van der Waals surface area contributed by atoms with Gasteiger partial charge in [-0.1, -0.05) is 30.3 Å². The molecule has 1 atom stereocenters. The first-order valence-corrected chi connectivity index (χ1v) is 7.57. The summed E-state index contributed by atoms with van der Waals surface area (Å²) in [6.07, 6.45) is -4.23. The molecule has 0 saturated carbocycles. The van der Waals surface area contributed by atoms with Crippen molar-refractivity contribution in [3.05, 3.63) is 54.1 Å². The Labute approximate surface area is 165 Å². The number of nitrogens with two attached hydrogens (primary N) is 1. The molecule has 0 amide bonds. The van der Waals surface area contributed by atoms with Gasteiger partial charge in [-0.3, -0.25) is 0 Å². The van der Waals surface area contributed by atoms with Crippen molar-refractivity contribution in [3.8, 4) is 11.5 Å². The molecule has 1 aliphatic rings. The number of nitrogens with one attached hydrogen (secondary N) is 1. The lowest BCUT2D eigenvalue weighted by Crippen LogP contribution is -2.27. The van der Waals surface area contributed by atoms with Gasteiger partial charge >= 0.3 is 6.36 Å². The van der Waals surface area contributed by atoms with Crippen LogP contribution in [0.1, 0.15) is 5.56 Å². The standard InChI is InChI=1S/C17H16F3N3O2.HI/c18-17(19,20)25-15-8-4-2-6-13(15)23-16(21)22-10-12-9-11-5-1-3-7-14(11)24-12;/h1-8,12H,9-10H2,(H3,21,22,23);1H. The average molecular weight is 479 g/mol. The molecule has 3 N–H and O–H groups in total. The van der Waals surface area contributed by atoms with Gasteiger partial charge in [0, 0.05) is 6.42 Å². The van der Waals surface area contributed by atoms with Gasteiger partial charge in [0.25, 0.3) is 0 Å². The maximum Gasteiger partial charge on any atom is 0.573 e. The first-order valence-electron chi connectivity index (χ1n) is 7.57. The highest BCUT2D eigenvalue weighted by Crippen LogP contribution is 2.30. The zero-order valence-electron chi connectivity index (χ0n) is 13.5. The first-order chi connectivity index (χ1) is 11.9. The van der Waals surface area contributed by atoms with Gasteiger partial charge in [0.1, 0.15) is 11.9 Å². The lowest BCUT2D eigenvalue weighted by Gasteiger charge is -2.14. The normalized spacial score (nSPS) is 16.3. The number of para-hydroxylation sites is 3. The molecule has 0 fully saturated rings. The van der Waals surface area contributed by atoms with Crippen molar-refractivity contribution >= 4 is 35.6 Å². The maximum absolute atomic E-state index is 12.4. The van der Waals surface area contributed by atoms with E-state index >= 15 is 0 Å². The van der Waals surface area contributed by atoms with E-state index in [0.29, 0.717) is 6.42 Å². The van der Waals surface area contributed by atoms with Crippen LogP contribution in [0.15, 0.2) is 53.5 Å². The molecule has 26 heavy (non-hydrogen) atoms. The summed E-state index contributed by atoms with van der Waals surface area (Å²) in [6.45, 7) is 0.288. The summed E-state index contributed by atoms with van der Waals surface area (Å²) < 4.78 is 46.9. The summed E-state index contributed by atoms with van der Waals surface area (Å²) in [4.78, 5) is 4.14. The summed E-state index contributed by atoms with van der Waals surface area (Å²) in [5.74, 6) is 0.425. The van der Waals surface area contributed by atoms with Crippen LogP contribution in [-0.4, -0.2) is 25.0 Å². The summed E-state index contributed by atoms with van der Waals surface area (Å²) in [5, 5.41) is 2.63. The number of guanidine groups is 1. The molecular formula is C17H17F3IN3O2. The number of rotatable bonds is 4. The summed E-state index contributed by atoms with van der Waals surface area (Å²) in [7, 11) is 0. The van der Waals surface area contributed by atoms with Crippen LogP contribution in [0.5, 0.6) is 11.5 Å². The van der Waals surface area contributed by atoms with Gasteiger partial charge in [-0.05, 0) is 23.8 Å². The molecule has 2 aromatic carbocycles. The third-order valence-corrected chi connectivity index (χ3v) is 3.55. The van der Waals surface area contributed by atoms with Gasteiger partial charge in [-0.25, -0.2) is 4.99 Å². The number of halogens is 4. The number of alkyl halides is 3. The van der Waals surface area contributed by atoms with Crippen LogP contribution in [0.25, 0.3) is 0 Å². The molecule has 0 spiro atoms. The molecule has 5 nitrogen and oxygen atoms in total. The summed E-state index contributed by atoms with van der Waals surface area (Å²) in [5.41, 5.74) is 6.94. The molecule has 1 aliphatic heterocycles. The number of nitrogens with zero attached hydrogens (tertiary/aromatic N) is 1. The van der Waals surface area contributed by atoms with Gasteiger partial charge in [0.2, 0.25) is 0 Å². The monoisotopic (exact) mass is 479 g/mol. The highest BCUT2D eigenvalue weighted by Gasteiger charge is 2.32. The van der Waals surface area contributed by atoms with E-state index in [2.05, 4.69) is 15.0 Å². The van der Waals surface area contributed by atoms with Crippen LogP contribution in [0.4, 0.5) is 18.9 Å². The second kappa shape index (κ2) is 8.47. The van der Waals surface area contributed by atoms with Crippen molar-refractivity contribution in [2.24, 2.45) is 10.7 Å². The summed E-state index contributed by atoms with van der Waals surface area (Å²) >= 11 is 0. The van der Waals surface area contributed by atoms with E-state index in [4.69, 9.17) is 10.5 Å². The maximum atomic E-state index is 12.4. The fourth-order valence-electron chi connectivity index (χ4n) is 2.52. The third-order valence-electron chi connectivity index (χ3n) is 3.55. The first kappa shape index (κ1) is 20.1. The predicted octanol–water partition coefficient (Wildman–Crippen LogP) is 3.93. The van der Waals surface area contributed by atoms with Crippen molar-refractivity contribution in [2.75, 3.05) is 11.9 Å². The number of aliphatic imine (C=N–C) groups is 1. The molecule has 0 radical (unpaired) electrons. The highest BCUT2D eigenvalue weighted by atomic mass is 127. The molecule has 1 unspecified atom stereocenters. The molecular weight excluding hydrogens is 462 g/mol. The fraction of sp³-hybridized carbons (Fsp3) is 0.235. The van der Waals surface area contributed by atoms with E-state index in [1.165, 1.54) is 18.2 Å². The number of anilines is 1. The minimum absolute atomic E-state index is 0. The van der Waals surface area contributed by atoms with Crippen LogP contribution in [0.3, 0.4) is 0 Å². The molecule has 3 rings (SSSR count). The molecule has 1 heterocycles. The number of hydrogen-bond donors (Lipinski definition) is 2. The van der Waals surface area contributed by atoms with Crippen molar-refractivity contribution in [2.45, 2.75) is 18.9 Å². The van der Waals surface area contributed by atoms with Gasteiger partial charge in [0.05, 0.1) is 12.2 Å². The Morgan fingerprint density at radius 3 is 2.62 bits per heavy atom. The van der Waals surface area contributed by atoms with Crippen LogP contribution in [0, 0.1) is 0 Å². The molecule has 140 valence electrons. The Hall–Kier alpha value is -2.17. The second-order valence-corrected chi connectivity index (χ2v) is 5.45. The minimum atomic E-state index is -4.78. The van der Waals surface area contributed by atoms with E-state index in [9.17, 15) is 13.2 Å². The Balaban J connectivity index is 0.00000243. The van der Waals surface area contributed by atoms with E-state index < -0.39 is 6.36 Å². The number of fused-ring (bicyclic) bond motifs is 1. The SMILES string of the molecule is I.NC(=NCC1Cc2ccccc2O1)Nc1ccccc1OC(F)(F)F. The molecule has 0 aromatic heterocycles. The zero-order chi connectivity index (χ0) is 17.9. The zero-order valence-corrected chi connectivity index (χ0v) is 15.8. The van der Waals surface area contributed by atoms with E-state index in [1.54, 1.807) is 6.07 Å². The minimum Gasteiger partial charge on any atom is -0.488 e. The Bertz CT molecular complexity index is 759. The van der Waals surface area contributed by atoms with Crippen LogP contribution in [0.2, 0.25) is 0 Å². The van der Waals surface area contributed by atoms with E-state index in [-0.39, 0.29) is 54.0 Å². The molecule has 0 bridgehead atoms. The predicted molar refractivity (Wildman–Crippen MR) is 103 cm³/mol. The van der Waals surface area contributed by atoms with Crippen molar-refractivity contribution in [1.82, 2.24) is 0 Å². The van der Waals surface area contributed by atoms with Crippen LogP contribution >= 0.6 is 24.0 Å². The molecule has 0 aliphatic carbocycles. The number of benzene rings is 2. The van der Waals surface area contributed by atoms with E-state index in [0.717, 1.165) is 11.3 Å². The fourth-order valence-corrected chi connectivity index (χ4v) is 2.52. The Morgan fingerprint density at radius 1 is 1.19 bits per heavy atom. The quantitative estimate of drug-likeness (QED) is 0.396. The largest absolute Gasteiger partial charge is 0.573 e. The van der Waals surface area contributed by atoms with Crippen molar-refractivity contribution in [3.63, 3.8) is 0 Å². The van der Waals surface area contributed by atoms with E-state index in [1.807, 2.05) is 24.3 Å². The highest BCUT2D eigenvalue weighted by molar-refractivity contribution is 14.0. The second-order valence-electron chi connectivity index (χ2n) is 5.45. The molecule has 2 aromatic rings. The van der Waals surface area contributed by atoms with Gasteiger partial charge in [-0.2, -0.15) is 0 Å². The summed E-state index contributed by atoms with van der Waals surface area (Å²) in [6, 6.07) is 13.3. The average Bonchev–Trinajstić information content (AvgIpc) is 2.96. The lowest BCUT2D eigenvalue weighted by molar-refractivity contribution is -0.274. The van der Waals surface area contributed by atoms with Crippen molar-refractivity contribution < 1.29 is 22.6 Å². The smallest absolute Gasteiger partial charge is 0.488 e. The molecule has 9 heteroatoms. The van der Waals surface area contributed by atoms with Gasteiger partial charge < -0.3 is 20.5 Å². The molecule has 0 saturated heterocycles.